The van der Waals surface area contributed by atoms with Gasteiger partial charge in [0, 0.05) is 11.1 Å². The van der Waals surface area contributed by atoms with E-state index in [0.29, 0.717) is 5.92 Å². The van der Waals surface area contributed by atoms with Crippen LogP contribution in [0.1, 0.15) is 13.3 Å². The van der Waals surface area contributed by atoms with Crippen LogP contribution < -0.4 is 5.32 Å². The Labute approximate surface area is 123 Å². The van der Waals surface area contributed by atoms with Gasteiger partial charge in [0.1, 0.15) is 0 Å². The van der Waals surface area contributed by atoms with Gasteiger partial charge in [0.15, 0.2) is 6.61 Å². The van der Waals surface area contributed by atoms with E-state index >= 15 is 0 Å². The standard InChI is InChI=1S/C17H17NO3/c1-11-9-14(11)17(20)21-10-16(19)18-15-8-4-6-12-5-2-3-7-13(12)15/h2-8,11,14H,9-10H2,1H3,(H,18,19)/t11-,14-/m0/s1. The van der Waals surface area contributed by atoms with E-state index in [1.54, 1.807) is 0 Å². The van der Waals surface area contributed by atoms with Gasteiger partial charge in [-0.25, -0.2) is 0 Å². The Bertz CT molecular complexity index is 690. The molecule has 1 fully saturated rings. The highest BCUT2D eigenvalue weighted by Gasteiger charge is 2.40. The Balaban J connectivity index is 1.62. The monoisotopic (exact) mass is 283 g/mol. The molecule has 4 heteroatoms. The lowest BCUT2D eigenvalue weighted by atomic mass is 10.1. The SMILES string of the molecule is C[C@H]1C[C@@H]1C(=O)OCC(=O)Nc1cccc2ccccc12. The van der Waals surface area contributed by atoms with Crippen LogP contribution in [0.5, 0.6) is 0 Å². The number of carbonyl (C=O) groups is 2. The Hall–Kier alpha value is -2.36. The molecule has 1 N–H and O–H groups in total. The van der Waals surface area contributed by atoms with E-state index in [1.807, 2.05) is 49.4 Å². The van der Waals surface area contributed by atoms with Crippen molar-refractivity contribution < 1.29 is 14.3 Å². The van der Waals surface area contributed by atoms with E-state index in [1.165, 1.54) is 0 Å². The van der Waals surface area contributed by atoms with Gasteiger partial charge in [-0.2, -0.15) is 0 Å². The summed E-state index contributed by atoms with van der Waals surface area (Å²) in [5.74, 6) is -0.211. The molecular formula is C17H17NO3. The highest BCUT2D eigenvalue weighted by molar-refractivity contribution is 6.02. The average molecular weight is 283 g/mol. The molecule has 1 aliphatic rings. The molecule has 2 aromatic carbocycles. The zero-order valence-corrected chi connectivity index (χ0v) is 11.8. The molecule has 2 aromatic rings. The van der Waals surface area contributed by atoms with Crippen molar-refractivity contribution in [1.82, 2.24) is 0 Å². The Morgan fingerprint density at radius 3 is 2.67 bits per heavy atom. The van der Waals surface area contributed by atoms with Crippen molar-refractivity contribution in [3.63, 3.8) is 0 Å². The number of hydrogen-bond donors (Lipinski definition) is 1. The number of ether oxygens (including phenoxy) is 1. The summed E-state index contributed by atoms with van der Waals surface area (Å²) in [6.07, 6.45) is 0.865. The van der Waals surface area contributed by atoms with Crippen LogP contribution in [-0.4, -0.2) is 18.5 Å². The van der Waals surface area contributed by atoms with E-state index < -0.39 is 0 Å². The van der Waals surface area contributed by atoms with Crippen molar-refractivity contribution in [3.05, 3.63) is 42.5 Å². The number of rotatable bonds is 4. The molecule has 21 heavy (non-hydrogen) atoms. The van der Waals surface area contributed by atoms with Crippen LogP contribution in [0.2, 0.25) is 0 Å². The predicted octanol–water partition coefficient (Wildman–Crippen LogP) is 2.98. The lowest BCUT2D eigenvalue weighted by molar-refractivity contribution is -0.148. The molecule has 0 heterocycles. The molecule has 0 aliphatic heterocycles. The van der Waals surface area contributed by atoms with Gasteiger partial charge in [0.25, 0.3) is 5.91 Å². The molecule has 1 amide bonds. The zero-order chi connectivity index (χ0) is 14.8. The van der Waals surface area contributed by atoms with Crippen molar-refractivity contribution in [1.29, 1.82) is 0 Å². The molecule has 0 radical (unpaired) electrons. The summed E-state index contributed by atoms with van der Waals surface area (Å²) in [7, 11) is 0. The Morgan fingerprint density at radius 1 is 1.19 bits per heavy atom. The summed E-state index contributed by atoms with van der Waals surface area (Å²) in [6, 6.07) is 13.5. The fraction of sp³-hybridized carbons (Fsp3) is 0.294. The second-order valence-corrected chi connectivity index (χ2v) is 5.50. The molecule has 1 saturated carbocycles. The first-order valence-electron chi connectivity index (χ1n) is 7.09. The first-order valence-corrected chi connectivity index (χ1v) is 7.09. The first-order chi connectivity index (χ1) is 10.1. The number of carbonyl (C=O) groups excluding carboxylic acids is 2. The van der Waals surface area contributed by atoms with Crippen LogP contribution in [0, 0.1) is 11.8 Å². The fourth-order valence-corrected chi connectivity index (χ4v) is 2.41. The average Bonchev–Trinajstić information content (AvgIpc) is 3.22. The highest BCUT2D eigenvalue weighted by Crippen LogP contribution is 2.38. The fourth-order valence-electron chi connectivity index (χ4n) is 2.41. The highest BCUT2D eigenvalue weighted by atomic mass is 16.5. The van der Waals surface area contributed by atoms with Crippen LogP contribution in [0.15, 0.2) is 42.5 Å². The number of nitrogens with one attached hydrogen (secondary N) is 1. The maximum atomic E-state index is 11.9. The molecule has 0 unspecified atom stereocenters. The Morgan fingerprint density at radius 2 is 1.90 bits per heavy atom. The van der Waals surface area contributed by atoms with Gasteiger partial charge in [-0.1, -0.05) is 43.3 Å². The minimum absolute atomic E-state index is 0.0182. The second-order valence-electron chi connectivity index (χ2n) is 5.50. The van der Waals surface area contributed by atoms with Crippen LogP contribution >= 0.6 is 0 Å². The van der Waals surface area contributed by atoms with Gasteiger partial charge in [-0.3, -0.25) is 9.59 Å². The maximum absolute atomic E-state index is 11.9. The molecule has 0 saturated heterocycles. The first kappa shape index (κ1) is 13.6. The number of fused-ring (bicyclic) bond motifs is 1. The summed E-state index contributed by atoms with van der Waals surface area (Å²) in [6.45, 7) is 1.77. The summed E-state index contributed by atoms with van der Waals surface area (Å²) < 4.78 is 5.03. The molecule has 0 bridgehead atoms. The van der Waals surface area contributed by atoms with Crippen LogP contribution in [0.25, 0.3) is 10.8 Å². The van der Waals surface area contributed by atoms with E-state index in [4.69, 9.17) is 4.74 Å². The summed E-state index contributed by atoms with van der Waals surface area (Å²) in [4.78, 5) is 23.5. The van der Waals surface area contributed by atoms with E-state index in [0.717, 1.165) is 22.9 Å². The minimum atomic E-state index is -0.312. The maximum Gasteiger partial charge on any atom is 0.309 e. The van der Waals surface area contributed by atoms with E-state index in [-0.39, 0.29) is 24.4 Å². The summed E-state index contributed by atoms with van der Waals surface area (Å²) >= 11 is 0. The lowest BCUT2D eigenvalue weighted by Crippen LogP contribution is -2.21. The van der Waals surface area contributed by atoms with Gasteiger partial charge in [0.05, 0.1) is 5.92 Å². The summed E-state index contributed by atoms with van der Waals surface area (Å²) in [5.41, 5.74) is 0.730. The van der Waals surface area contributed by atoms with E-state index in [9.17, 15) is 9.59 Å². The smallest absolute Gasteiger partial charge is 0.309 e. The van der Waals surface area contributed by atoms with Crippen molar-refractivity contribution in [2.45, 2.75) is 13.3 Å². The lowest BCUT2D eigenvalue weighted by Gasteiger charge is -2.09. The molecule has 1 aliphatic carbocycles. The number of amides is 1. The van der Waals surface area contributed by atoms with Crippen molar-refractivity contribution in [2.75, 3.05) is 11.9 Å². The third-order valence-corrected chi connectivity index (χ3v) is 3.82. The molecule has 108 valence electrons. The van der Waals surface area contributed by atoms with Crippen LogP contribution in [0.4, 0.5) is 5.69 Å². The van der Waals surface area contributed by atoms with Crippen LogP contribution in [0.3, 0.4) is 0 Å². The number of anilines is 1. The molecule has 0 aromatic heterocycles. The molecule has 3 rings (SSSR count). The van der Waals surface area contributed by atoms with Crippen molar-refractivity contribution >= 4 is 28.3 Å². The van der Waals surface area contributed by atoms with Crippen molar-refractivity contribution in [2.24, 2.45) is 11.8 Å². The number of benzene rings is 2. The molecule has 0 spiro atoms. The molecular weight excluding hydrogens is 266 g/mol. The Kier molecular flexibility index (Phi) is 3.60. The number of hydrogen-bond acceptors (Lipinski definition) is 3. The van der Waals surface area contributed by atoms with Crippen LogP contribution in [-0.2, 0) is 14.3 Å². The third-order valence-electron chi connectivity index (χ3n) is 3.82. The third kappa shape index (κ3) is 3.05. The van der Waals surface area contributed by atoms with Gasteiger partial charge >= 0.3 is 5.97 Å². The molecule has 2 atom stereocenters. The predicted molar refractivity (Wildman–Crippen MR) is 80.8 cm³/mol. The largest absolute Gasteiger partial charge is 0.455 e. The second kappa shape index (κ2) is 5.56. The van der Waals surface area contributed by atoms with Gasteiger partial charge in [0.2, 0.25) is 0 Å². The van der Waals surface area contributed by atoms with Gasteiger partial charge in [-0.15, -0.1) is 0 Å². The topological polar surface area (TPSA) is 55.4 Å². The zero-order valence-electron chi connectivity index (χ0n) is 11.8. The normalized spacial score (nSPS) is 20.0. The quantitative estimate of drug-likeness (QED) is 0.878. The van der Waals surface area contributed by atoms with Gasteiger partial charge in [-0.05, 0) is 23.8 Å². The summed E-state index contributed by atoms with van der Waals surface area (Å²) in [5, 5.41) is 4.82. The molecule has 4 nitrogen and oxygen atoms in total. The van der Waals surface area contributed by atoms with Crippen molar-refractivity contribution in [3.8, 4) is 0 Å². The number of esters is 1. The minimum Gasteiger partial charge on any atom is -0.455 e. The van der Waals surface area contributed by atoms with Gasteiger partial charge < -0.3 is 10.1 Å². The van der Waals surface area contributed by atoms with E-state index in [2.05, 4.69) is 5.32 Å².